The van der Waals surface area contributed by atoms with E-state index in [-0.39, 0.29) is 5.25 Å². The number of morpholine rings is 1. The summed E-state index contributed by atoms with van der Waals surface area (Å²) in [5, 5.41) is 8.80. The third-order valence-corrected chi connectivity index (χ3v) is 7.16. The number of likely N-dealkylation sites (tertiary alicyclic amines) is 1. The lowest BCUT2D eigenvalue weighted by atomic mass is 9.89. The van der Waals surface area contributed by atoms with Crippen LogP contribution < -0.4 is 0 Å². The average molecular weight is 348 g/mol. The van der Waals surface area contributed by atoms with Gasteiger partial charge in [-0.15, -0.1) is 0 Å². The van der Waals surface area contributed by atoms with Gasteiger partial charge in [-0.25, -0.2) is 8.42 Å². The van der Waals surface area contributed by atoms with E-state index in [1.807, 2.05) is 0 Å². The normalized spacial score (nSPS) is 25.4. The van der Waals surface area contributed by atoms with E-state index in [2.05, 4.69) is 4.90 Å². The molecule has 0 radical (unpaired) electrons. The van der Waals surface area contributed by atoms with Crippen molar-refractivity contribution in [1.29, 1.82) is 0 Å². The van der Waals surface area contributed by atoms with E-state index >= 15 is 0 Å². The number of carboxylic acids is 1. The van der Waals surface area contributed by atoms with Crippen molar-refractivity contribution in [3.05, 3.63) is 0 Å². The van der Waals surface area contributed by atoms with Crippen LogP contribution in [0.5, 0.6) is 0 Å². The summed E-state index contributed by atoms with van der Waals surface area (Å²) < 4.78 is 32.3. The molecule has 2 saturated heterocycles. The van der Waals surface area contributed by atoms with Gasteiger partial charge in [-0.1, -0.05) is 0 Å². The van der Waals surface area contributed by atoms with Gasteiger partial charge in [0.15, 0.2) is 0 Å². The van der Waals surface area contributed by atoms with Crippen LogP contribution in [0.1, 0.15) is 33.1 Å². The zero-order valence-corrected chi connectivity index (χ0v) is 14.8. The minimum atomic E-state index is -3.29. The molecule has 2 rings (SSSR count). The van der Waals surface area contributed by atoms with Gasteiger partial charge in [0.1, 0.15) is 0 Å². The van der Waals surface area contributed by atoms with Crippen molar-refractivity contribution in [1.82, 2.24) is 9.21 Å². The highest BCUT2D eigenvalue weighted by molar-refractivity contribution is 7.89. The molecular weight excluding hydrogens is 320 g/mol. The third kappa shape index (κ3) is 4.65. The molecule has 0 saturated carbocycles. The molecule has 2 heterocycles. The first-order valence-electron chi connectivity index (χ1n) is 8.26. The average Bonchev–Trinajstić information content (AvgIpc) is 2.54. The standard InChI is InChI=1S/C15H28N2O5S/c1-15(2,14(18)19)5-7-16-6-3-4-13(12-16)23(20,21)17-8-10-22-11-9-17/h13H,3-12H2,1-2H3,(H,18,19). The van der Waals surface area contributed by atoms with Crippen LogP contribution in [0.25, 0.3) is 0 Å². The molecule has 23 heavy (non-hydrogen) atoms. The van der Waals surface area contributed by atoms with E-state index in [0.717, 1.165) is 13.0 Å². The second-order valence-electron chi connectivity index (χ2n) is 7.06. The molecule has 1 unspecified atom stereocenters. The van der Waals surface area contributed by atoms with Crippen LogP contribution in [0.15, 0.2) is 0 Å². The van der Waals surface area contributed by atoms with E-state index < -0.39 is 21.4 Å². The number of piperidine rings is 1. The fourth-order valence-electron chi connectivity index (χ4n) is 3.02. The Labute approximate surface area is 138 Å². The summed E-state index contributed by atoms with van der Waals surface area (Å²) in [5.41, 5.74) is -0.782. The quantitative estimate of drug-likeness (QED) is 0.757. The summed E-state index contributed by atoms with van der Waals surface area (Å²) in [7, 11) is -3.29. The monoisotopic (exact) mass is 348 g/mol. The molecular formula is C15H28N2O5S. The summed E-state index contributed by atoms with van der Waals surface area (Å²) in [4.78, 5) is 13.3. The number of hydrogen-bond donors (Lipinski definition) is 1. The Hall–Kier alpha value is -0.700. The van der Waals surface area contributed by atoms with E-state index in [1.165, 1.54) is 0 Å². The largest absolute Gasteiger partial charge is 0.481 e. The van der Waals surface area contributed by atoms with Gasteiger partial charge >= 0.3 is 5.97 Å². The minimum Gasteiger partial charge on any atom is -0.481 e. The van der Waals surface area contributed by atoms with Gasteiger partial charge in [-0.05, 0) is 46.2 Å². The van der Waals surface area contributed by atoms with Crippen LogP contribution in [0.4, 0.5) is 0 Å². The highest BCUT2D eigenvalue weighted by Crippen LogP contribution is 2.25. The second kappa shape index (κ2) is 7.46. The number of nitrogens with zero attached hydrogens (tertiary/aromatic N) is 2. The number of carboxylic acid groups (broad SMARTS) is 1. The second-order valence-corrected chi connectivity index (χ2v) is 9.27. The van der Waals surface area contributed by atoms with Gasteiger partial charge < -0.3 is 14.7 Å². The molecule has 0 aromatic rings. The number of hydrogen-bond acceptors (Lipinski definition) is 5. The fraction of sp³-hybridized carbons (Fsp3) is 0.933. The van der Waals surface area contributed by atoms with Crippen LogP contribution in [0, 0.1) is 5.41 Å². The summed E-state index contributed by atoms with van der Waals surface area (Å²) in [6.45, 7) is 7.16. The molecule has 134 valence electrons. The molecule has 0 bridgehead atoms. The summed E-state index contributed by atoms with van der Waals surface area (Å²) >= 11 is 0. The van der Waals surface area contributed by atoms with E-state index in [4.69, 9.17) is 4.74 Å². The Morgan fingerprint density at radius 2 is 1.91 bits per heavy atom. The van der Waals surface area contributed by atoms with Gasteiger partial charge in [0.05, 0.1) is 23.9 Å². The fourth-order valence-corrected chi connectivity index (χ4v) is 4.96. The highest BCUT2D eigenvalue weighted by Gasteiger charge is 2.36. The van der Waals surface area contributed by atoms with Crippen LogP contribution in [0.2, 0.25) is 0 Å². The maximum Gasteiger partial charge on any atom is 0.309 e. The molecule has 8 heteroatoms. The molecule has 1 N–H and O–H groups in total. The lowest BCUT2D eigenvalue weighted by molar-refractivity contribution is -0.147. The van der Waals surface area contributed by atoms with Crippen molar-refractivity contribution in [3.63, 3.8) is 0 Å². The van der Waals surface area contributed by atoms with E-state index in [0.29, 0.717) is 52.2 Å². The first kappa shape index (κ1) is 18.6. The van der Waals surface area contributed by atoms with Crippen LogP contribution >= 0.6 is 0 Å². The van der Waals surface area contributed by atoms with Gasteiger partial charge in [0.2, 0.25) is 10.0 Å². The Bertz CT molecular complexity index is 514. The number of carbonyl (C=O) groups is 1. The van der Waals surface area contributed by atoms with Crippen LogP contribution in [0.3, 0.4) is 0 Å². The van der Waals surface area contributed by atoms with Crippen molar-refractivity contribution in [2.45, 2.75) is 38.4 Å². The molecule has 2 aliphatic rings. The van der Waals surface area contributed by atoms with Crippen molar-refractivity contribution in [2.75, 3.05) is 45.9 Å². The lowest BCUT2D eigenvalue weighted by Crippen LogP contribution is -2.51. The van der Waals surface area contributed by atoms with Gasteiger partial charge in [0.25, 0.3) is 0 Å². The highest BCUT2D eigenvalue weighted by atomic mass is 32.2. The Morgan fingerprint density at radius 1 is 1.26 bits per heavy atom. The summed E-state index contributed by atoms with van der Waals surface area (Å²) in [6.07, 6.45) is 2.03. The van der Waals surface area contributed by atoms with E-state index in [9.17, 15) is 18.3 Å². The number of aliphatic carboxylic acids is 1. The van der Waals surface area contributed by atoms with Gasteiger partial charge in [0, 0.05) is 19.6 Å². The van der Waals surface area contributed by atoms with Crippen LogP contribution in [-0.4, -0.2) is 79.9 Å². The zero-order chi connectivity index (χ0) is 17.1. The van der Waals surface area contributed by atoms with Crippen molar-refractivity contribution in [2.24, 2.45) is 5.41 Å². The third-order valence-electron chi connectivity index (χ3n) is 4.85. The number of sulfonamides is 1. The van der Waals surface area contributed by atoms with Gasteiger partial charge in [-0.3, -0.25) is 4.79 Å². The SMILES string of the molecule is CC(C)(CCN1CCCC(S(=O)(=O)N2CCOCC2)C1)C(=O)O. The molecule has 7 nitrogen and oxygen atoms in total. The number of rotatable bonds is 6. The number of ether oxygens (including phenoxy) is 1. The maximum absolute atomic E-state index is 12.7. The summed E-state index contributed by atoms with van der Waals surface area (Å²) in [6, 6.07) is 0. The van der Waals surface area contributed by atoms with Gasteiger partial charge in [-0.2, -0.15) is 4.31 Å². The van der Waals surface area contributed by atoms with E-state index in [1.54, 1.807) is 18.2 Å². The Balaban J connectivity index is 1.93. The molecule has 0 aliphatic carbocycles. The molecule has 0 aromatic heterocycles. The molecule has 0 amide bonds. The first-order valence-corrected chi connectivity index (χ1v) is 9.76. The topological polar surface area (TPSA) is 87.2 Å². The Kier molecular flexibility index (Phi) is 6.05. The van der Waals surface area contributed by atoms with Crippen LogP contribution in [-0.2, 0) is 19.6 Å². The molecule has 2 aliphatic heterocycles. The predicted octanol–water partition coefficient (Wildman–Crippen LogP) is 0.614. The zero-order valence-electron chi connectivity index (χ0n) is 14.0. The van der Waals surface area contributed by atoms with Crippen molar-refractivity contribution >= 4 is 16.0 Å². The smallest absolute Gasteiger partial charge is 0.309 e. The lowest BCUT2D eigenvalue weighted by Gasteiger charge is -2.37. The van der Waals surface area contributed by atoms with Crippen molar-refractivity contribution in [3.8, 4) is 0 Å². The first-order chi connectivity index (χ1) is 10.7. The molecule has 2 fully saturated rings. The Morgan fingerprint density at radius 3 is 2.52 bits per heavy atom. The minimum absolute atomic E-state index is 0.387. The maximum atomic E-state index is 12.7. The van der Waals surface area contributed by atoms with Crippen molar-refractivity contribution < 1.29 is 23.1 Å². The molecule has 1 atom stereocenters. The predicted molar refractivity (Wildman–Crippen MR) is 86.8 cm³/mol. The molecule has 0 aromatic carbocycles. The molecule has 0 spiro atoms. The summed E-state index contributed by atoms with van der Waals surface area (Å²) in [5.74, 6) is -0.813.